The van der Waals surface area contributed by atoms with Crippen LogP contribution in [0.4, 0.5) is 5.82 Å². The first-order valence-corrected chi connectivity index (χ1v) is 6.70. The third kappa shape index (κ3) is 3.32. The Morgan fingerprint density at radius 1 is 1.60 bits per heavy atom. The molecule has 1 saturated carbocycles. The van der Waals surface area contributed by atoms with Gasteiger partial charge in [-0.3, -0.25) is 4.79 Å². The van der Waals surface area contributed by atoms with Crippen molar-refractivity contribution in [3.63, 3.8) is 0 Å². The number of hydrogen-bond donors (Lipinski definition) is 1. The zero-order chi connectivity index (χ0) is 14.5. The number of aromatic nitrogens is 2. The smallest absolute Gasteiger partial charge is 0.389 e. The molecule has 110 valence electrons. The van der Waals surface area contributed by atoms with E-state index >= 15 is 0 Å². The van der Waals surface area contributed by atoms with Crippen molar-refractivity contribution in [3.05, 3.63) is 22.4 Å². The standard InChI is InChI=1S/C12H18N4O4/c17-8-2-6-15(10-3-1-4-10)12(18)9-14-7-5-11(13-14)16(19)20/h5,7,10,17H,1-4,6,8-9H2. The minimum absolute atomic E-state index is 0.00420. The topological polar surface area (TPSA) is 102 Å². The Morgan fingerprint density at radius 2 is 2.35 bits per heavy atom. The Morgan fingerprint density at radius 3 is 2.85 bits per heavy atom. The summed E-state index contributed by atoms with van der Waals surface area (Å²) in [6.07, 6.45) is 5.05. The number of hydrogen-bond acceptors (Lipinski definition) is 5. The lowest BCUT2D eigenvalue weighted by molar-refractivity contribution is -0.389. The number of nitrogens with zero attached hydrogens (tertiary/aromatic N) is 4. The zero-order valence-electron chi connectivity index (χ0n) is 11.1. The third-order valence-corrected chi connectivity index (χ3v) is 3.50. The van der Waals surface area contributed by atoms with Crippen LogP contribution in [0.15, 0.2) is 12.3 Å². The van der Waals surface area contributed by atoms with Crippen molar-refractivity contribution < 1.29 is 14.8 Å². The van der Waals surface area contributed by atoms with E-state index in [0.29, 0.717) is 13.0 Å². The lowest BCUT2D eigenvalue weighted by atomic mass is 9.91. The molecule has 1 amide bonds. The molecular formula is C12H18N4O4. The molecule has 8 heteroatoms. The number of carbonyl (C=O) groups is 1. The van der Waals surface area contributed by atoms with Crippen molar-refractivity contribution in [2.45, 2.75) is 38.3 Å². The number of nitro groups is 1. The maximum absolute atomic E-state index is 12.2. The minimum Gasteiger partial charge on any atom is -0.396 e. The minimum atomic E-state index is -0.587. The Hall–Kier alpha value is -1.96. The van der Waals surface area contributed by atoms with Crippen LogP contribution in [0.1, 0.15) is 25.7 Å². The maximum atomic E-state index is 12.2. The van der Waals surface area contributed by atoms with Gasteiger partial charge in [0.1, 0.15) is 6.54 Å². The molecule has 1 heterocycles. The number of rotatable bonds is 7. The van der Waals surface area contributed by atoms with Gasteiger partial charge in [-0.2, -0.15) is 4.68 Å². The number of aliphatic hydroxyl groups excluding tert-OH is 1. The number of amides is 1. The molecule has 1 aliphatic carbocycles. The largest absolute Gasteiger partial charge is 0.396 e. The summed E-state index contributed by atoms with van der Waals surface area (Å²) in [4.78, 5) is 24.0. The second kappa shape index (κ2) is 6.47. The van der Waals surface area contributed by atoms with Gasteiger partial charge < -0.3 is 20.1 Å². The monoisotopic (exact) mass is 282 g/mol. The normalized spacial score (nSPS) is 14.8. The highest BCUT2D eigenvalue weighted by Gasteiger charge is 2.29. The van der Waals surface area contributed by atoms with Gasteiger partial charge in [0, 0.05) is 19.2 Å². The predicted octanol–water partition coefficient (Wildman–Crippen LogP) is 0.555. The van der Waals surface area contributed by atoms with E-state index in [9.17, 15) is 14.9 Å². The molecule has 1 N–H and O–H groups in total. The summed E-state index contributed by atoms with van der Waals surface area (Å²) in [5, 5.41) is 23.2. The van der Waals surface area contributed by atoms with E-state index in [2.05, 4.69) is 5.10 Å². The van der Waals surface area contributed by atoms with Crippen LogP contribution in [0.2, 0.25) is 0 Å². The van der Waals surface area contributed by atoms with E-state index in [0.717, 1.165) is 19.3 Å². The molecule has 0 bridgehead atoms. The van der Waals surface area contributed by atoms with Gasteiger partial charge in [-0.15, -0.1) is 0 Å². The summed E-state index contributed by atoms with van der Waals surface area (Å²) >= 11 is 0. The molecule has 0 saturated heterocycles. The molecule has 1 aromatic heterocycles. The fourth-order valence-electron chi connectivity index (χ4n) is 2.22. The highest BCUT2D eigenvalue weighted by atomic mass is 16.6. The van der Waals surface area contributed by atoms with E-state index in [1.807, 2.05) is 0 Å². The van der Waals surface area contributed by atoms with Crippen LogP contribution < -0.4 is 0 Å². The van der Waals surface area contributed by atoms with E-state index in [4.69, 9.17) is 5.11 Å². The molecule has 0 aliphatic heterocycles. The lowest BCUT2D eigenvalue weighted by Crippen LogP contribution is -2.46. The quantitative estimate of drug-likeness (QED) is 0.581. The van der Waals surface area contributed by atoms with Crippen molar-refractivity contribution in [1.82, 2.24) is 14.7 Å². The molecule has 2 rings (SSSR count). The van der Waals surface area contributed by atoms with Gasteiger partial charge >= 0.3 is 5.82 Å². The highest BCUT2D eigenvalue weighted by Crippen LogP contribution is 2.25. The molecule has 1 aromatic rings. The lowest BCUT2D eigenvalue weighted by Gasteiger charge is -2.37. The van der Waals surface area contributed by atoms with Crippen molar-refractivity contribution in [2.75, 3.05) is 13.2 Å². The van der Waals surface area contributed by atoms with Crippen LogP contribution >= 0.6 is 0 Å². The van der Waals surface area contributed by atoms with Gasteiger partial charge in [-0.1, -0.05) is 0 Å². The number of carbonyl (C=O) groups excluding carboxylic acids is 1. The van der Waals surface area contributed by atoms with Gasteiger partial charge in [0.15, 0.2) is 0 Å². The van der Waals surface area contributed by atoms with E-state index in [1.54, 1.807) is 4.90 Å². The second-order valence-corrected chi connectivity index (χ2v) is 4.88. The summed E-state index contributed by atoms with van der Waals surface area (Å²) < 4.78 is 1.28. The molecule has 0 atom stereocenters. The fraction of sp³-hybridized carbons (Fsp3) is 0.667. The highest BCUT2D eigenvalue weighted by molar-refractivity contribution is 5.76. The molecule has 1 fully saturated rings. The molecule has 8 nitrogen and oxygen atoms in total. The van der Waals surface area contributed by atoms with Crippen LogP contribution in [0.25, 0.3) is 0 Å². The predicted molar refractivity (Wildman–Crippen MR) is 69.9 cm³/mol. The second-order valence-electron chi connectivity index (χ2n) is 4.88. The Kier molecular flexibility index (Phi) is 4.67. The van der Waals surface area contributed by atoms with Crippen molar-refractivity contribution in [3.8, 4) is 0 Å². The summed E-state index contributed by atoms with van der Waals surface area (Å²) in [5.41, 5.74) is 0. The average molecular weight is 282 g/mol. The Balaban J connectivity index is 1.97. The van der Waals surface area contributed by atoms with Crippen LogP contribution in [0, 0.1) is 10.1 Å². The maximum Gasteiger partial charge on any atom is 0.389 e. The van der Waals surface area contributed by atoms with Gasteiger partial charge in [-0.25, -0.2) is 0 Å². The van der Waals surface area contributed by atoms with Crippen LogP contribution in [-0.2, 0) is 11.3 Å². The van der Waals surface area contributed by atoms with Gasteiger partial charge in [0.2, 0.25) is 5.91 Å². The first-order valence-electron chi connectivity index (χ1n) is 6.70. The molecule has 0 unspecified atom stereocenters. The summed E-state index contributed by atoms with van der Waals surface area (Å²) in [6, 6.07) is 1.51. The van der Waals surface area contributed by atoms with E-state index < -0.39 is 4.92 Å². The molecule has 0 aromatic carbocycles. The Bertz CT molecular complexity index is 484. The summed E-state index contributed by atoms with van der Waals surface area (Å²) in [5.74, 6) is -0.371. The molecule has 0 radical (unpaired) electrons. The molecule has 0 spiro atoms. The van der Waals surface area contributed by atoms with Crippen molar-refractivity contribution >= 4 is 11.7 Å². The first kappa shape index (κ1) is 14.4. The third-order valence-electron chi connectivity index (χ3n) is 3.50. The average Bonchev–Trinajstić information content (AvgIpc) is 2.80. The zero-order valence-corrected chi connectivity index (χ0v) is 11.1. The number of aliphatic hydroxyl groups is 1. The van der Waals surface area contributed by atoms with E-state index in [-0.39, 0.29) is 30.9 Å². The Labute approximate surface area is 116 Å². The fourth-order valence-corrected chi connectivity index (χ4v) is 2.22. The molecule has 20 heavy (non-hydrogen) atoms. The van der Waals surface area contributed by atoms with Gasteiger partial charge in [0.05, 0.1) is 17.4 Å². The van der Waals surface area contributed by atoms with E-state index in [1.165, 1.54) is 16.9 Å². The van der Waals surface area contributed by atoms with Crippen LogP contribution in [0.5, 0.6) is 0 Å². The van der Waals surface area contributed by atoms with Crippen LogP contribution in [-0.4, -0.2) is 49.8 Å². The van der Waals surface area contributed by atoms with Gasteiger partial charge in [0.25, 0.3) is 0 Å². The SMILES string of the molecule is O=C(Cn1ccc([N+](=O)[O-])n1)N(CCCO)C1CCC1. The summed E-state index contributed by atoms with van der Waals surface area (Å²) in [7, 11) is 0. The summed E-state index contributed by atoms with van der Waals surface area (Å²) in [6.45, 7) is 0.558. The van der Waals surface area contributed by atoms with Crippen molar-refractivity contribution in [2.24, 2.45) is 0 Å². The van der Waals surface area contributed by atoms with Crippen molar-refractivity contribution in [1.29, 1.82) is 0 Å². The first-order chi connectivity index (χ1) is 9.61. The molecule has 1 aliphatic rings. The van der Waals surface area contributed by atoms with Gasteiger partial charge in [-0.05, 0) is 30.6 Å². The molecular weight excluding hydrogens is 264 g/mol. The van der Waals surface area contributed by atoms with Crippen LogP contribution in [0.3, 0.4) is 0 Å².